The van der Waals surface area contributed by atoms with Crippen molar-refractivity contribution in [3.8, 4) is 12.8 Å². The number of benzene rings is 1. The molecule has 1 N–H and O–H groups in total. The van der Waals surface area contributed by atoms with Gasteiger partial charge in [0.1, 0.15) is 11.9 Å². The zero-order valence-corrected chi connectivity index (χ0v) is 18.7. The van der Waals surface area contributed by atoms with Gasteiger partial charge in [0.15, 0.2) is 0 Å². The van der Waals surface area contributed by atoms with E-state index in [1.807, 2.05) is 41.6 Å². The van der Waals surface area contributed by atoms with Crippen LogP contribution in [0.2, 0.25) is 10.0 Å². The molecule has 0 radical (unpaired) electrons. The Morgan fingerprint density at radius 1 is 1.23 bits per heavy atom. The topological polar surface area (TPSA) is 50.2 Å². The number of amides is 1. The fourth-order valence-electron chi connectivity index (χ4n) is 3.56. The van der Waals surface area contributed by atoms with Crippen molar-refractivity contribution in [3.05, 3.63) is 70.0 Å². The smallest absolute Gasteiger partial charge is 0.254 e. The molecule has 1 aromatic heterocycles. The Kier molecular flexibility index (Phi) is 8.58. The predicted octanol–water partition coefficient (Wildman–Crippen LogP) is 5.54. The standard InChI is InChI=1S/C18H18Cl2N4O.C3H6.C2H2/c1-11-16(18(25)23-8-2-3-9-23)17(24-15(22-11)6-7-21-24)12-4-5-13(19)14(20)10-12;1-3-2;1-2/h4-7,10,17,22H,2-3,8-9H2,1H3;3H,1H2,2H3;1-2H. The number of rotatable bonds is 2. The third-order valence-corrected chi connectivity index (χ3v) is 5.53. The Bertz CT molecular complexity index is 955. The Labute approximate surface area is 188 Å². The fourth-order valence-corrected chi connectivity index (χ4v) is 3.87. The molecular weight excluding hydrogens is 419 g/mol. The van der Waals surface area contributed by atoms with Crippen molar-refractivity contribution >= 4 is 34.9 Å². The number of nitrogens with zero attached hydrogens (tertiary/aromatic N) is 3. The third-order valence-electron chi connectivity index (χ3n) is 4.79. The van der Waals surface area contributed by atoms with Crippen molar-refractivity contribution in [2.24, 2.45) is 0 Å². The minimum atomic E-state index is -0.325. The number of terminal acetylenes is 1. The molecule has 1 atom stereocenters. The van der Waals surface area contributed by atoms with Gasteiger partial charge < -0.3 is 10.2 Å². The molecule has 0 bridgehead atoms. The number of allylic oxidation sites excluding steroid dienone is 2. The summed E-state index contributed by atoms with van der Waals surface area (Å²) in [6, 6.07) is 7.05. The number of halogens is 2. The normalized spacial score (nSPS) is 17.0. The van der Waals surface area contributed by atoms with E-state index in [0.29, 0.717) is 15.6 Å². The van der Waals surface area contributed by atoms with Crippen LogP contribution in [-0.4, -0.2) is 33.7 Å². The molecule has 0 spiro atoms. The van der Waals surface area contributed by atoms with Gasteiger partial charge >= 0.3 is 0 Å². The zero-order valence-electron chi connectivity index (χ0n) is 17.2. The van der Waals surface area contributed by atoms with Gasteiger partial charge in [-0.1, -0.05) is 35.3 Å². The molecule has 1 saturated heterocycles. The van der Waals surface area contributed by atoms with E-state index in [4.69, 9.17) is 23.2 Å². The van der Waals surface area contributed by atoms with Crippen LogP contribution in [0.3, 0.4) is 0 Å². The summed E-state index contributed by atoms with van der Waals surface area (Å²) in [7, 11) is 0. The highest BCUT2D eigenvalue weighted by atomic mass is 35.5. The van der Waals surface area contributed by atoms with Gasteiger partial charge in [0.2, 0.25) is 0 Å². The molecule has 30 heavy (non-hydrogen) atoms. The highest BCUT2D eigenvalue weighted by Gasteiger charge is 2.35. The summed E-state index contributed by atoms with van der Waals surface area (Å²) in [5.74, 6) is 0.909. The molecule has 1 unspecified atom stereocenters. The molecule has 2 aliphatic rings. The highest BCUT2D eigenvalue weighted by Crippen LogP contribution is 2.38. The van der Waals surface area contributed by atoms with Gasteiger partial charge in [-0.2, -0.15) is 5.10 Å². The van der Waals surface area contributed by atoms with E-state index in [1.54, 1.807) is 18.3 Å². The number of anilines is 1. The second-order valence-electron chi connectivity index (χ2n) is 6.81. The summed E-state index contributed by atoms with van der Waals surface area (Å²) < 4.78 is 1.83. The molecule has 3 heterocycles. The van der Waals surface area contributed by atoms with E-state index in [2.05, 4.69) is 29.8 Å². The molecule has 2 aromatic rings. The minimum absolute atomic E-state index is 0.0553. The molecule has 7 heteroatoms. The number of likely N-dealkylation sites (tertiary alicyclic amines) is 1. The van der Waals surface area contributed by atoms with Crippen LogP contribution in [0, 0.1) is 12.8 Å². The van der Waals surface area contributed by atoms with Crippen LogP contribution in [0.25, 0.3) is 0 Å². The molecular formula is C23H26Cl2N4O. The van der Waals surface area contributed by atoms with E-state index in [9.17, 15) is 4.79 Å². The fraction of sp³-hybridized carbons (Fsp3) is 0.304. The van der Waals surface area contributed by atoms with E-state index >= 15 is 0 Å². The van der Waals surface area contributed by atoms with Crippen molar-refractivity contribution in [1.82, 2.24) is 14.7 Å². The molecule has 1 aromatic carbocycles. The summed E-state index contributed by atoms with van der Waals surface area (Å²) in [5, 5.41) is 8.69. The summed E-state index contributed by atoms with van der Waals surface area (Å²) in [6.07, 6.45) is 13.6. The Hall–Kier alpha value is -2.68. The van der Waals surface area contributed by atoms with Gasteiger partial charge in [0, 0.05) is 24.9 Å². The van der Waals surface area contributed by atoms with Crippen molar-refractivity contribution in [2.75, 3.05) is 18.4 Å². The van der Waals surface area contributed by atoms with Crippen molar-refractivity contribution in [3.63, 3.8) is 0 Å². The lowest BCUT2D eigenvalue weighted by Gasteiger charge is -2.32. The highest BCUT2D eigenvalue weighted by molar-refractivity contribution is 6.42. The summed E-state index contributed by atoms with van der Waals surface area (Å²) in [5.41, 5.74) is 2.44. The largest absolute Gasteiger partial charge is 0.344 e. The molecule has 0 saturated carbocycles. The van der Waals surface area contributed by atoms with Crippen LogP contribution < -0.4 is 5.32 Å². The third kappa shape index (κ3) is 4.89. The summed E-state index contributed by atoms with van der Waals surface area (Å²) in [6.45, 7) is 8.79. The van der Waals surface area contributed by atoms with E-state index in [-0.39, 0.29) is 11.9 Å². The number of hydrogen-bond acceptors (Lipinski definition) is 3. The molecule has 4 rings (SSSR count). The maximum Gasteiger partial charge on any atom is 0.254 e. The minimum Gasteiger partial charge on any atom is -0.344 e. The molecule has 1 amide bonds. The Balaban J connectivity index is 0.000000590. The molecule has 2 aliphatic heterocycles. The number of fused-ring (bicyclic) bond motifs is 1. The summed E-state index contributed by atoms with van der Waals surface area (Å²) in [4.78, 5) is 15.1. The predicted molar refractivity (Wildman–Crippen MR) is 125 cm³/mol. The Morgan fingerprint density at radius 2 is 1.87 bits per heavy atom. The van der Waals surface area contributed by atoms with Crippen molar-refractivity contribution in [2.45, 2.75) is 32.7 Å². The van der Waals surface area contributed by atoms with Crippen LogP contribution in [0.4, 0.5) is 5.82 Å². The lowest BCUT2D eigenvalue weighted by atomic mass is 9.94. The van der Waals surface area contributed by atoms with Gasteiger partial charge in [-0.3, -0.25) is 4.79 Å². The molecule has 1 fully saturated rings. The summed E-state index contributed by atoms with van der Waals surface area (Å²) >= 11 is 12.3. The number of aromatic nitrogens is 2. The first-order chi connectivity index (χ1) is 14.5. The van der Waals surface area contributed by atoms with Gasteiger partial charge in [-0.05, 0) is 44.4 Å². The number of carbonyl (C=O) groups is 1. The van der Waals surface area contributed by atoms with E-state index in [1.165, 1.54) is 0 Å². The number of hydrogen-bond donors (Lipinski definition) is 1. The van der Waals surface area contributed by atoms with Gasteiger partial charge in [-0.15, -0.1) is 19.4 Å². The second-order valence-corrected chi connectivity index (χ2v) is 7.62. The quantitative estimate of drug-likeness (QED) is 0.488. The first-order valence-corrected chi connectivity index (χ1v) is 10.4. The average molecular weight is 445 g/mol. The monoisotopic (exact) mass is 444 g/mol. The van der Waals surface area contributed by atoms with Crippen LogP contribution in [0.1, 0.15) is 38.3 Å². The van der Waals surface area contributed by atoms with Crippen LogP contribution in [0.15, 0.2) is 54.4 Å². The maximum absolute atomic E-state index is 13.2. The SMILES string of the molecule is C#C.C=CC.CC1=C(C(=O)N2CCCC2)C(c2ccc(Cl)c(Cl)c2)n2nccc2N1. The molecule has 0 aliphatic carbocycles. The van der Waals surface area contributed by atoms with Gasteiger partial charge in [-0.25, -0.2) is 4.68 Å². The van der Waals surface area contributed by atoms with Crippen molar-refractivity contribution in [1.29, 1.82) is 0 Å². The zero-order chi connectivity index (χ0) is 22.3. The van der Waals surface area contributed by atoms with E-state index in [0.717, 1.165) is 43.0 Å². The van der Waals surface area contributed by atoms with Crippen molar-refractivity contribution < 1.29 is 4.79 Å². The van der Waals surface area contributed by atoms with Crippen LogP contribution in [0.5, 0.6) is 0 Å². The number of nitrogens with one attached hydrogen (secondary N) is 1. The lowest BCUT2D eigenvalue weighted by molar-refractivity contribution is -0.126. The van der Waals surface area contributed by atoms with E-state index < -0.39 is 0 Å². The van der Waals surface area contributed by atoms with Crippen LogP contribution in [-0.2, 0) is 4.79 Å². The average Bonchev–Trinajstić information content (AvgIpc) is 3.43. The van der Waals surface area contributed by atoms with Gasteiger partial charge in [0.05, 0.1) is 21.8 Å². The second kappa shape index (κ2) is 10.9. The Morgan fingerprint density at radius 3 is 2.47 bits per heavy atom. The van der Waals surface area contributed by atoms with Crippen LogP contribution >= 0.6 is 23.2 Å². The first kappa shape index (κ1) is 23.6. The first-order valence-electron chi connectivity index (χ1n) is 9.63. The maximum atomic E-state index is 13.2. The van der Waals surface area contributed by atoms with Gasteiger partial charge in [0.25, 0.3) is 5.91 Å². The number of carbonyl (C=O) groups excluding carboxylic acids is 1. The lowest BCUT2D eigenvalue weighted by Crippen LogP contribution is -2.36. The molecule has 5 nitrogen and oxygen atoms in total. The molecule has 158 valence electrons.